The first-order valence-corrected chi connectivity index (χ1v) is 10.1. The monoisotopic (exact) mass is 396 g/mol. The minimum Gasteiger partial charge on any atom is -0.395 e. The Morgan fingerprint density at radius 3 is 2.83 bits per heavy atom. The Morgan fingerprint density at radius 1 is 1.31 bits per heavy atom. The fourth-order valence-corrected chi connectivity index (χ4v) is 4.10. The van der Waals surface area contributed by atoms with Crippen molar-refractivity contribution in [1.29, 1.82) is 0 Å². The maximum atomic E-state index is 12.3. The van der Waals surface area contributed by atoms with Gasteiger partial charge in [-0.25, -0.2) is 4.68 Å². The van der Waals surface area contributed by atoms with Crippen molar-refractivity contribution >= 4 is 16.8 Å². The Balaban J connectivity index is 1.37. The average molecular weight is 396 g/mol. The van der Waals surface area contributed by atoms with E-state index < -0.39 is 0 Å². The number of hydrogen-bond donors (Lipinski definition) is 2. The summed E-state index contributed by atoms with van der Waals surface area (Å²) in [6.45, 7) is 5.27. The molecule has 2 aromatic heterocycles. The molecule has 2 N–H and O–H groups in total. The van der Waals surface area contributed by atoms with Crippen molar-refractivity contribution in [2.75, 3.05) is 33.3 Å². The first-order chi connectivity index (χ1) is 14.1. The maximum Gasteiger partial charge on any atom is 0.275 e. The zero-order valence-electron chi connectivity index (χ0n) is 17.0. The number of benzene rings is 1. The van der Waals surface area contributed by atoms with Crippen LogP contribution in [0.15, 0.2) is 30.5 Å². The van der Waals surface area contributed by atoms with Gasteiger partial charge in [0, 0.05) is 49.8 Å². The number of nitrogens with zero attached hydrogens (tertiary/aromatic N) is 5. The van der Waals surface area contributed by atoms with Crippen LogP contribution in [0.5, 0.6) is 0 Å². The lowest BCUT2D eigenvalue weighted by molar-refractivity contribution is 0.0761. The van der Waals surface area contributed by atoms with E-state index in [-0.39, 0.29) is 25.1 Å². The van der Waals surface area contributed by atoms with Gasteiger partial charge in [0.15, 0.2) is 5.69 Å². The van der Waals surface area contributed by atoms with Gasteiger partial charge in [0.2, 0.25) is 0 Å². The summed E-state index contributed by atoms with van der Waals surface area (Å²) < 4.78 is 1.83. The lowest BCUT2D eigenvalue weighted by Gasteiger charge is -2.31. The quantitative estimate of drug-likeness (QED) is 0.665. The molecule has 1 aliphatic heterocycles. The van der Waals surface area contributed by atoms with Crippen molar-refractivity contribution in [3.8, 4) is 0 Å². The van der Waals surface area contributed by atoms with Crippen molar-refractivity contribution in [2.24, 2.45) is 0 Å². The van der Waals surface area contributed by atoms with E-state index in [4.69, 9.17) is 5.11 Å². The molecule has 8 nitrogen and oxygen atoms in total. The molecule has 0 saturated carbocycles. The predicted octanol–water partition coefficient (Wildman–Crippen LogP) is 1.97. The third-order valence-electron chi connectivity index (χ3n) is 5.85. The van der Waals surface area contributed by atoms with Crippen molar-refractivity contribution < 1.29 is 9.90 Å². The van der Waals surface area contributed by atoms with Crippen LogP contribution in [0.1, 0.15) is 40.6 Å². The molecule has 1 saturated heterocycles. The number of aromatic nitrogens is 4. The number of carbonyl (C=O) groups is 1. The van der Waals surface area contributed by atoms with Gasteiger partial charge in [-0.15, -0.1) is 5.10 Å². The standard InChI is InChI=1S/C21H28N6O2/c1-15-18(17-5-3-4-6-19(17)22-15)13-26-9-7-16(8-10-26)27-14-20(23-24-27)21(29)25(2)11-12-28/h3-6,14,16,22,28H,7-13H2,1-2H3. The highest BCUT2D eigenvalue weighted by Crippen LogP contribution is 2.27. The van der Waals surface area contributed by atoms with Crippen LogP contribution in [-0.4, -0.2) is 74.1 Å². The predicted molar refractivity (Wildman–Crippen MR) is 111 cm³/mol. The van der Waals surface area contributed by atoms with Crippen LogP contribution in [0.2, 0.25) is 0 Å². The second-order valence-corrected chi connectivity index (χ2v) is 7.82. The molecule has 0 bridgehead atoms. The molecule has 29 heavy (non-hydrogen) atoms. The number of aromatic amines is 1. The zero-order chi connectivity index (χ0) is 20.4. The molecule has 1 aliphatic rings. The number of aliphatic hydroxyl groups is 1. The Morgan fingerprint density at radius 2 is 2.07 bits per heavy atom. The molecule has 154 valence electrons. The summed E-state index contributed by atoms with van der Waals surface area (Å²) in [5.41, 5.74) is 4.14. The fourth-order valence-electron chi connectivity index (χ4n) is 4.10. The fraction of sp³-hybridized carbons (Fsp3) is 0.476. The third-order valence-corrected chi connectivity index (χ3v) is 5.85. The molecule has 0 spiro atoms. The van der Waals surface area contributed by atoms with Crippen LogP contribution < -0.4 is 0 Å². The van der Waals surface area contributed by atoms with Crippen LogP contribution in [0, 0.1) is 6.92 Å². The van der Waals surface area contributed by atoms with Crippen LogP contribution in [0.4, 0.5) is 0 Å². The smallest absolute Gasteiger partial charge is 0.275 e. The number of para-hydroxylation sites is 1. The van der Waals surface area contributed by atoms with Gasteiger partial charge in [0.1, 0.15) is 0 Å². The first-order valence-electron chi connectivity index (χ1n) is 10.1. The summed E-state index contributed by atoms with van der Waals surface area (Å²) in [5, 5.41) is 18.5. The summed E-state index contributed by atoms with van der Waals surface area (Å²) in [6.07, 6.45) is 3.69. The molecule has 3 heterocycles. The Kier molecular flexibility index (Phi) is 5.64. The number of piperidine rings is 1. The number of aliphatic hydroxyl groups excluding tert-OH is 1. The van der Waals surface area contributed by atoms with Crippen LogP contribution in [-0.2, 0) is 6.54 Å². The van der Waals surface area contributed by atoms with E-state index in [0.717, 1.165) is 32.5 Å². The van der Waals surface area contributed by atoms with E-state index in [9.17, 15) is 4.79 Å². The van der Waals surface area contributed by atoms with Crippen molar-refractivity contribution in [1.82, 2.24) is 29.8 Å². The lowest BCUT2D eigenvalue weighted by Crippen LogP contribution is -2.34. The third kappa shape index (κ3) is 4.04. The van der Waals surface area contributed by atoms with E-state index in [2.05, 4.69) is 51.4 Å². The van der Waals surface area contributed by atoms with Crippen LogP contribution in [0.3, 0.4) is 0 Å². The normalized spacial score (nSPS) is 15.8. The summed E-state index contributed by atoms with van der Waals surface area (Å²) in [4.78, 5) is 19.7. The maximum absolute atomic E-state index is 12.3. The Labute approximate surface area is 170 Å². The molecular weight excluding hydrogens is 368 g/mol. The SMILES string of the molecule is Cc1[nH]c2ccccc2c1CN1CCC(n2cc(C(=O)N(C)CCO)nn2)CC1. The summed E-state index contributed by atoms with van der Waals surface area (Å²) >= 11 is 0. The van der Waals surface area contributed by atoms with Gasteiger partial charge in [0.05, 0.1) is 18.8 Å². The van der Waals surface area contributed by atoms with Crippen LogP contribution >= 0.6 is 0 Å². The average Bonchev–Trinajstić information content (AvgIpc) is 3.34. The molecule has 0 atom stereocenters. The van der Waals surface area contributed by atoms with Crippen molar-refractivity contribution in [3.05, 3.63) is 47.4 Å². The van der Waals surface area contributed by atoms with Crippen LogP contribution in [0.25, 0.3) is 10.9 Å². The molecule has 3 aromatic rings. The Hall–Kier alpha value is -2.71. The Bertz CT molecular complexity index is 986. The second-order valence-electron chi connectivity index (χ2n) is 7.82. The molecule has 1 aromatic carbocycles. The van der Waals surface area contributed by atoms with Crippen molar-refractivity contribution in [2.45, 2.75) is 32.4 Å². The van der Waals surface area contributed by atoms with E-state index in [0.29, 0.717) is 5.69 Å². The van der Waals surface area contributed by atoms with Gasteiger partial charge < -0.3 is 15.0 Å². The largest absolute Gasteiger partial charge is 0.395 e. The number of rotatable bonds is 6. The van der Waals surface area contributed by atoms with E-state index >= 15 is 0 Å². The minimum absolute atomic E-state index is 0.0647. The number of carbonyl (C=O) groups excluding carboxylic acids is 1. The van der Waals surface area contributed by atoms with Crippen molar-refractivity contribution in [3.63, 3.8) is 0 Å². The topological polar surface area (TPSA) is 90.3 Å². The number of likely N-dealkylation sites (N-methyl/N-ethyl adjacent to an activating group) is 1. The molecule has 0 unspecified atom stereocenters. The summed E-state index contributed by atoms with van der Waals surface area (Å²) in [7, 11) is 1.66. The first kappa shape index (κ1) is 19.6. The van der Waals surface area contributed by atoms with Gasteiger partial charge in [-0.3, -0.25) is 9.69 Å². The lowest BCUT2D eigenvalue weighted by atomic mass is 10.0. The highest BCUT2D eigenvalue weighted by Gasteiger charge is 2.24. The highest BCUT2D eigenvalue weighted by atomic mass is 16.3. The number of hydrogen-bond acceptors (Lipinski definition) is 5. The van der Waals surface area contributed by atoms with Gasteiger partial charge >= 0.3 is 0 Å². The second kappa shape index (κ2) is 8.34. The number of likely N-dealkylation sites (tertiary alicyclic amines) is 1. The molecule has 1 amide bonds. The van der Waals surface area contributed by atoms with Gasteiger partial charge in [0.25, 0.3) is 5.91 Å². The summed E-state index contributed by atoms with van der Waals surface area (Å²) in [6, 6.07) is 8.72. The molecule has 0 aliphatic carbocycles. The molecular formula is C21H28N6O2. The molecule has 8 heteroatoms. The number of fused-ring (bicyclic) bond motifs is 1. The minimum atomic E-state index is -0.211. The zero-order valence-corrected chi connectivity index (χ0v) is 17.0. The molecule has 4 rings (SSSR count). The number of nitrogens with one attached hydrogen (secondary N) is 1. The highest BCUT2D eigenvalue weighted by molar-refractivity contribution is 5.91. The summed E-state index contributed by atoms with van der Waals surface area (Å²) in [5.74, 6) is -0.211. The van der Waals surface area contributed by atoms with E-state index in [1.807, 2.05) is 4.68 Å². The number of amides is 1. The molecule has 1 fully saturated rings. The van der Waals surface area contributed by atoms with Gasteiger partial charge in [-0.1, -0.05) is 23.4 Å². The number of H-pyrrole nitrogens is 1. The molecule has 0 radical (unpaired) electrons. The van der Waals surface area contributed by atoms with Gasteiger partial charge in [-0.2, -0.15) is 0 Å². The van der Waals surface area contributed by atoms with Gasteiger partial charge in [-0.05, 0) is 31.4 Å². The van der Waals surface area contributed by atoms with E-state index in [1.165, 1.54) is 27.1 Å². The number of aryl methyl sites for hydroxylation is 1. The van der Waals surface area contributed by atoms with E-state index in [1.54, 1.807) is 13.2 Å².